The molecule has 1 amide bonds. The van der Waals surface area contributed by atoms with Gasteiger partial charge in [-0.1, -0.05) is 48.5 Å². The maximum Gasteiger partial charge on any atom is 0.232 e. The molecule has 26 heavy (non-hydrogen) atoms. The fraction of sp³-hybridized carbons (Fsp3) is 0.190. The van der Waals surface area contributed by atoms with Gasteiger partial charge in [-0.3, -0.25) is 14.3 Å². The second-order valence-electron chi connectivity index (χ2n) is 6.33. The Morgan fingerprint density at radius 2 is 1.69 bits per heavy atom. The lowest BCUT2D eigenvalue weighted by molar-refractivity contribution is -0.117. The highest BCUT2D eigenvalue weighted by Gasteiger charge is 2.18. The molecule has 1 unspecified atom stereocenters. The number of anilines is 1. The van der Waals surface area contributed by atoms with Gasteiger partial charge in [0.15, 0.2) is 5.78 Å². The molecule has 2 aromatic carbocycles. The van der Waals surface area contributed by atoms with E-state index in [1.54, 1.807) is 36.0 Å². The molecule has 0 saturated heterocycles. The minimum atomic E-state index is -0.395. The van der Waals surface area contributed by atoms with Gasteiger partial charge in [0.05, 0.1) is 11.6 Å². The summed E-state index contributed by atoms with van der Waals surface area (Å²) in [5, 5.41) is 7.11. The summed E-state index contributed by atoms with van der Waals surface area (Å²) in [5.41, 5.74) is 2.84. The van der Waals surface area contributed by atoms with E-state index in [0.29, 0.717) is 16.9 Å². The summed E-state index contributed by atoms with van der Waals surface area (Å²) >= 11 is 0. The summed E-state index contributed by atoms with van der Waals surface area (Å²) in [6, 6.07) is 18.2. The van der Waals surface area contributed by atoms with Gasteiger partial charge in [-0.15, -0.1) is 0 Å². The van der Waals surface area contributed by atoms with Gasteiger partial charge < -0.3 is 5.32 Å². The van der Waals surface area contributed by atoms with Gasteiger partial charge >= 0.3 is 0 Å². The van der Waals surface area contributed by atoms with Crippen LogP contribution in [0.3, 0.4) is 0 Å². The van der Waals surface area contributed by atoms with E-state index in [4.69, 9.17) is 0 Å². The van der Waals surface area contributed by atoms with Crippen LogP contribution in [0.2, 0.25) is 0 Å². The molecule has 1 aromatic heterocycles. The normalized spacial score (nSPS) is 11.8. The molecule has 3 rings (SSSR count). The van der Waals surface area contributed by atoms with E-state index in [-0.39, 0.29) is 11.7 Å². The van der Waals surface area contributed by atoms with E-state index >= 15 is 0 Å². The molecule has 132 valence electrons. The molecule has 0 bridgehead atoms. The molecule has 5 nitrogen and oxygen atoms in total. The average Bonchev–Trinajstić information content (AvgIpc) is 2.98. The van der Waals surface area contributed by atoms with Crippen LogP contribution in [0.5, 0.6) is 0 Å². The van der Waals surface area contributed by atoms with Crippen molar-refractivity contribution in [3.05, 3.63) is 83.0 Å². The zero-order valence-corrected chi connectivity index (χ0v) is 15.1. The minimum Gasteiger partial charge on any atom is -0.310 e. The Labute approximate surface area is 152 Å². The molecule has 0 fully saturated rings. The van der Waals surface area contributed by atoms with Crippen molar-refractivity contribution >= 4 is 17.5 Å². The van der Waals surface area contributed by atoms with E-state index < -0.39 is 5.92 Å². The van der Waals surface area contributed by atoms with Gasteiger partial charge in [0.2, 0.25) is 5.91 Å². The number of carbonyl (C=O) groups is 2. The molecule has 0 radical (unpaired) electrons. The van der Waals surface area contributed by atoms with Crippen LogP contribution in [0.4, 0.5) is 5.82 Å². The van der Waals surface area contributed by atoms with Gasteiger partial charge in [-0.05, 0) is 25.5 Å². The van der Waals surface area contributed by atoms with Crippen LogP contribution in [-0.4, -0.2) is 21.5 Å². The Kier molecular flexibility index (Phi) is 4.98. The maximum atomic E-state index is 12.6. The van der Waals surface area contributed by atoms with Crippen LogP contribution >= 0.6 is 0 Å². The Morgan fingerprint density at radius 1 is 1.00 bits per heavy atom. The Morgan fingerprint density at radius 3 is 2.35 bits per heavy atom. The number of aryl methyl sites for hydroxylation is 2. The maximum absolute atomic E-state index is 12.6. The Hall–Kier alpha value is -3.21. The van der Waals surface area contributed by atoms with Crippen LogP contribution < -0.4 is 5.32 Å². The number of hydrogen-bond donors (Lipinski definition) is 1. The summed E-state index contributed by atoms with van der Waals surface area (Å²) in [6.45, 7) is 3.70. The molecule has 1 atom stereocenters. The molecule has 0 aliphatic carbocycles. The number of nitrogens with zero attached hydrogens (tertiary/aromatic N) is 2. The van der Waals surface area contributed by atoms with Crippen molar-refractivity contribution in [3.8, 4) is 0 Å². The fourth-order valence-corrected chi connectivity index (χ4v) is 2.82. The lowest BCUT2D eigenvalue weighted by Crippen LogP contribution is -2.20. The Balaban J connectivity index is 1.79. The summed E-state index contributed by atoms with van der Waals surface area (Å²) in [5.74, 6) is 0.0595. The quantitative estimate of drug-likeness (QED) is 0.716. The van der Waals surface area contributed by atoms with Gasteiger partial charge in [0.25, 0.3) is 0 Å². The van der Waals surface area contributed by atoms with Crippen LogP contribution in [0, 0.1) is 6.92 Å². The van der Waals surface area contributed by atoms with Gasteiger partial charge in [-0.25, -0.2) is 0 Å². The Bertz CT molecular complexity index is 945. The first-order valence-corrected chi connectivity index (χ1v) is 8.47. The SMILES string of the molecule is Cc1cc(NC(=O)C(C)c2cccc(C(=O)c3ccccc3)c2)n(C)n1. The molecule has 3 aromatic rings. The number of amides is 1. The smallest absolute Gasteiger partial charge is 0.232 e. The van der Waals surface area contributed by atoms with Crippen molar-refractivity contribution in [3.63, 3.8) is 0 Å². The molecule has 0 spiro atoms. The number of aromatic nitrogens is 2. The van der Waals surface area contributed by atoms with E-state index in [2.05, 4.69) is 10.4 Å². The van der Waals surface area contributed by atoms with E-state index in [1.807, 2.05) is 50.2 Å². The second kappa shape index (κ2) is 7.35. The first kappa shape index (κ1) is 17.6. The highest BCUT2D eigenvalue weighted by atomic mass is 16.2. The molecule has 0 saturated carbocycles. The van der Waals surface area contributed by atoms with E-state index in [0.717, 1.165) is 11.3 Å². The van der Waals surface area contributed by atoms with Crippen LogP contribution in [0.15, 0.2) is 60.7 Å². The van der Waals surface area contributed by atoms with Crippen molar-refractivity contribution in [1.29, 1.82) is 0 Å². The minimum absolute atomic E-state index is 0.0534. The van der Waals surface area contributed by atoms with Gasteiger partial charge in [0.1, 0.15) is 5.82 Å². The van der Waals surface area contributed by atoms with Gasteiger partial charge in [-0.2, -0.15) is 5.10 Å². The summed E-state index contributed by atoms with van der Waals surface area (Å²) in [6.07, 6.45) is 0. The number of ketones is 1. The van der Waals surface area contributed by atoms with Gasteiger partial charge in [0, 0.05) is 24.2 Å². The predicted octanol–water partition coefficient (Wildman–Crippen LogP) is 3.70. The molecular weight excluding hydrogens is 326 g/mol. The fourth-order valence-electron chi connectivity index (χ4n) is 2.82. The van der Waals surface area contributed by atoms with Crippen LogP contribution in [-0.2, 0) is 11.8 Å². The lowest BCUT2D eigenvalue weighted by Gasteiger charge is -2.13. The lowest BCUT2D eigenvalue weighted by atomic mass is 9.95. The van der Waals surface area contributed by atoms with E-state index in [9.17, 15) is 9.59 Å². The molecule has 1 N–H and O–H groups in total. The molecule has 0 aliphatic rings. The highest BCUT2D eigenvalue weighted by Crippen LogP contribution is 2.21. The summed E-state index contributed by atoms with van der Waals surface area (Å²) in [4.78, 5) is 25.2. The molecular formula is C21H21N3O2. The molecule has 5 heteroatoms. The summed E-state index contributed by atoms with van der Waals surface area (Å²) < 4.78 is 1.63. The third-order valence-electron chi connectivity index (χ3n) is 4.33. The summed E-state index contributed by atoms with van der Waals surface area (Å²) in [7, 11) is 1.78. The number of carbonyl (C=O) groups excluding carboxylic acids is 2. The first-order valence-electron chi connectivity index (χ1n) is 8.47. The number of hydrogen-bond acceptors (Lipinski definition) is 3. The monoisotopic (exact) mass is 347 g/mol. The van der Waals surface area contributed by atoms with Crippen molar-refractivity contribution in [2.45, 2.75) is 19.8 Å². The average molecular weight is 347 g/mol. The zero-order valence-electron chi connectivity index (χ0n) is 15.1. The van der Waals surface area contributed by atoms with Crippen LogP contribution in [0.25, 0.3) is 0 Å². The van der Waals surface area contributed by atoms with Crippen molar-refractivity contribution in [2.24, 2.45) is 7.05 Å². The number of rotatable bonds is 5. The first-order chi connectivity index (χ1) is 12.5. The van der Waals surface area contributed by atoms with Crippen LogP contribution in [0.1, 0.15) is 40.0 Å². The predicted molar refractivity (Wildman–Crippen MR) is 101 cm³/mol. The standard InChI is InChI=1S/C21H21N3O2/c1-14-12-19(24(3)23-14)22-21(26)15(2)17-10-7-11-18(13-17)20(25)16-8-5-4-6-9-16/h4-13,15H,1-3H3,(H,22,26). The number of benzene rings is 2. The number of nitrogens with one attached hydrogen (secondary N) is 1. The van der Waals surface area contributed by atoms with Crippen molar-refractivity contribution < 1.29 is 9.59 Å². The molecule has 0 aliphatic heterocycles. The third kappa shape index (κ3) is 3.72. The second-order valence-corrected chi connectivity index (χ2v) is 6.33. The topological polar surface area (TPSA) is 64.0 Å². The zero-order chi connectivity index (χ0) is 18.7. The third-order valence-corrected chi connectivity index (χ3v) is 4.33. The highest BCUT2D eigenvalue weighted by molar-refractivity contribution is 6.09. The molecule has 1 heterocycles. The van der Waals surface area contributed by atoms with E-state index in [1.165, 1.54) is 0 Å². The van der Waals surface area contributed by atoms with Crippen molar-refractivity contribution in [1.82, 2.24) is 9.78 Å². The van der Waals surface area contributed by atoms with Crippen molar-refractivity contribution in [2.75, 3.05) is 5.32 Å². The largest absolute Gasteiger partial charge is 0.310 e.